The molecule has 0 aliphatic heterocycles. The van der Waals surface area contributed by atoms with Gasteiger partial charge in [-0.2, -0.15) is 0 Å². The minimum atomic E-state index is 0.272. The van der Waals surface area contributed by atoms with E-state index < -0.39 is 0 Å². The second-order valence-corrected chi connectivity index (χ2v) is 5.01. The Morgan fingerprint density at radius 1 is 0.952 bits per heavy atom. The van der Waals surface area contributed by atoms with Crippen LogP contribution in [0.4, 0.5) is 0 Å². The molecule has 0 bridgehead atoms. The first-order valence-corrected chi connectivity index (χ1v) is 7.21. The van der Waals surface area contributed by atoms with E-state index in [4.69, 9.17) is 9.47 Å². The molecule has 1 N–H and O–H groups in total. The van der Waals surface area contributed by atoms with Crippen molar-refractivity contribution in [1.82, 2.24) is 5.32 Å². The van der Waals surface area contributed by atoms with Crippen molar-refractivity contribution in [3.63, 3.8) is 0 Å². The highest BCUT2D eigenvalue weighted by Crippen LogP contribution is 2.28. The van der Waals surface area contributed by atoms with Crippen LogP contribution >= 0.6 is 0 Å². The highest BCUT2D eigenvalue weighted by atomic mass is 16.5. The third-order valence-electron chi connectivity index (χ3n) is 3.69. The lowest BCUT2D eigenvalue weighted by Gasteiger charge is -2.18. The monoisotopic (exact) mass is 285 g/mol. The van der Waals surface area contributed by atoms with Gasteiger partial charge in [-0.15, -0.1) is 0 Å². The summed E-state index contributed by atoms with van der Waals surface area (Å²) < 4.78 is 10.7. The average molecular weight is 285 g/mol. The van der Waals surface area contributed by atoms with E-state index in [0.29, 0.717) is 0 Å². The number of benzene rings is 2. The predicted molar refractivity (Wildman–Crippen MR) is 86.1 cm³/mol. The quantitative estimate of drug-likeness (QED) is 0.843. The Morgan fingerprint density at radius 2 is 1.57 bits per heavy atom. The predicted octanol–water partition coefficient (Wildman–Crippen LogP) is 3.60. The van der Waals surface area contributed by atoms with E-state index in [2.05, 4.69) is 41.7 Å². The Morgan fingerprint density at radius 3 is 2.10 bits per heavy atom. The highest BCUT2D eigenvalue weighted by Gasteiger charge is 2.12. The number of nitrogens with one attached hydrogen (secondary N) is 1. The van der Waals surface area contributed by atoms with Crippen molar-refractivity contribution in [2.45, 2.75) is 18.9 Å². The third-order valence-corrected chi connectivity index (χ3v) is 3.69. The van der Waals surface area contributed by atoms with E-state index in [1.54, 1.807) is 14.2 Å². The van der Waals surface area contributed by atoms with Crippen molar-refractivity contribution in [3.8, 4) is 11.5 Å². The molecule has 0 aliphatic rings. The second-order valence-electron chi connectivity index (χ2n) is 5.01. The zero-order valence-electron chi connectivity index (χ0n) is 12.9. The van der Waals surface area contributed by atoms with Crippen LogP contribution in [0, 0.1) is 0 Å². The largest absolute Gasteiger partial charge is 0.497 e. The van der Waals surface area contributed by atoms with Gasteiger partial charge in [0.25, 0.3) is 0 Å². The molecule has 3 heteroatoms. The summed E-state index contributed by atoms with van der Waals surface area (Å²) in [5, 5.41) is 3.38. The second kappa shape index (κ2) is 7.70. The SMILES string of the molecule is CNC(CCc1ccccc1)c1cc(OC)cc(OC)c1. The van der Waals surface area contributed by atoms with Gasteiger partial charge in [-0.1, -0.05) is 30.3 Å². The number of methoxy groups -OCH3 is 2. The van der Waals surface area contributed by atoms with E-state index in [-0.39, 0.29) is 6.04 Å². The molecule has 2 rings (SSSR count). The fraction of sp³-hybridized carbons (Fsp3) is 0.333. The van der Waals surface area contributed by atoms with Crippen molar-refractivity contribution in [1.29, 1.82) is 0 Å². The maximum absolute atomic E-state index is 5.35. The standard InChI is InChI=1S/C18H23NO2/c1-19-18(10-9-14-7-5-4-6-8-14)15-11-16(20-2)13-17(12-15)21-3/h4-8,11-13,18-19H,9-10H2,1-3H3. The third kappa shape index (κ3) is 4.23. The number of ether oxygens (including phenoxy) is 2. The number of rotatable bonds is 7. The summed E-state index contributed by atoms with van der Waals surface area (Å²) >= 11 is 0. The molecule has 0 spiro atoms. The van der Waals surface area contributed by atoms with Gasteiger partial charge in [-0.05, 0) is 43.1 Å². The molecule has 0 amide bonds. The summed E-state index contributed by atoms with van der Waals surface area (Å²) in [5.74, 6) is 1.65. The normalized spacial score (nSPS) is 12.0. The lowest BCUT2D eigenvalue weighted by molar-refractivity contribution is 0.391. The molecule has 2 aromatic carbocycles. The molecule has 0 radical (unpaired) electrons. The molecule has 2 aromatic rings. The minimum absolute atomic E-state index is 0.272. The van der Waals surface area contributed by atoms with Crippen LogP contribution < -0.4 is 14.8 Å². The Labute approximate surface area is 126 Å². The summed E-state index contributed by atoms with van der Waals surface area (Å²) in [6.45, 7) is 0. The van der Waals surface area contributed by atoms with E-state index in [0.717, 1.165) is 24.3 Å². The zero-order chi connectivity index (χ0) is 15.1. The van der Waals surface area contributed by atoms with E-state index in [9.17, 15) is 0 Å². The van der Waals surface area contributed by atoms with Crippen LogP contribution in [0.25, 0.3) is 0 Å². The first kappa shape index (κ1) is 15.4. The van der Waals surface area contributed by atoms with Crippen LogP contribution in [0.5, 0.6) is 11.5 Å². The molecule has 1 atom stereocenters. The molecule has 1 unspecified atom stereocenters. The maximum atomic E-state index is 5.35. The van der Waals surface area contributed by atoms with Crippen LogP contribution in [0.1, 0.15) is 23.6 Å². The van der Waals surface area contributed by atoms with Gasteiger partial charge in [0.15, 0.2) is 0 Å². The summed E-state index contributed by atoms with van der Waals surface area (Å²) in [6.07, 6.45) is 2.06. The number of hydrogen-bond donors (Lipinski definition) is 1. The van der Waals surface area contributed by atoms with Gasteiger partial charge in [0.05, 0.1) is 14.2 Å². The fourth-order valence-electron chi connectivity index (χ4n) is 2.46. The van der Waals surface area contributed by atoms with Crippen molar-refractivity contribution in [2.75, 3.05) is 21.3 Å². The van der Waals surface area contributed by atoms with E-state index >= 15 is 0 Å². The van der Waals surface area contributed by atoms with Crippen LogP contribution in [0.3, 0.4) is 0 Å². The molecule has 3 nitrogen and oxygen atoms in total. The Balaban J connectivity index is 2.13. The summed E-state index contributed by atoms with van der Waals surface area (Å²) in [5.41, 5.74) is 2.54. The number of aryl methyl sites for hydroxylation is 1. The molecule has 0 heterocycles. The maximum Gasteiger partial charge on any atom is 0.122 e. The van der Waals surface area contributed by atoms with Gasteiger partial charge in [0.1, 0.15) is 11.5 Å². The van der Waals surface area contributed by atoms with Gasteiger partial charge in [-0.25, -0.2) is 0 Å². The summed E-state index contributed by atoms with van der Waals surface area (Å²) in [4.78, 5) is 0. The Hall–Kier alpha value is -2.00. The highest BCUT2D eigenvalue weighted by molar-refractivity contribution is 5.40. The first-order chi connectivity index (χ1) is 10.3. The molecule has 0 aromatic heterocycles. The van der Waals surface area contributed by atoms with Crippen molar-refractivity contribution in [3.05, 3.63) is 59.7 Å². The Kier molecular flexibility index (Phi) is 5.64. The molecule has 21 heavy (non-hydrogen) atoms. The van der Waals surface area contributed by atoms with Crippen LogP contribution in [0.15, 0.2) is 48.5 Å². The summed E-state index contributed by atoms with van der Waals surface area (Å²) in [7, 11) is 5.34. The minimum Gasteiger partial charge on any atom is -0.497 e. The van der Waals surface area contributed by atoms with Crippen LogP contribution in [-0.4, -0.2) is 21.3 Å². The van der Waals surface area contributed by atoms with Crippen LogP contribution in [-0.2, 0) is 6.42 Å². The smallest absolute Gasteiger partial charge is 0.122 e. The topological polar surface area (TPSA) is 30.5 Å². The molecular weight excluding hydrogens is 262 g/mol. The molecule has 0 fully saturated rings. The lowest BCUT2D eigenvalue weighted by Crippen LogP contribution is -2.17. The molecule has 112 valence electrons. The lowest BCUT2D eigenvalue weighted by atomic mass is 9.98. The summed E-state index contributed by atoms with van der Waals surface area (Å²) in [6, 6.07) is 16.8. The number of hydrogen-bond acceptors (Lipinski definition) is 3. The molecular formula is C18H23NO2. The molecule has 0 saturated heterocycles. The van der Waals surface area contributed by atoms with Crippen molar-refractivity contribution >= 4 is 0 Å². The fourth-order valence-corrected chi connectivity index (χ4v) is 2.46. The van der Waals surface area contributed by atoms with E-state index in [1.165, 1.54) is 11.1 Å². The van der Waals surface area contributed by atoms with Gasteiger partial charge in [0, 0.05) is 12.1 Å². The van der Waals surface area contributed by atoms with Gasteiger partial charge >= 0.3 is 0 Å². The molecule has 0 aliphatic carbocycles. The van der Waals surface area contributed by atoms with Crippen LogP contribution in [0.2, 0.25) is 0 Å². The van der Waals surface area contributed by atoms with Gasteiger partial charge in [-0.3, -0.25) is 0 Å². The molecule has 0 saturated carbocycles. The first-order valence-electron chi connectivity index (χ1n) is 7.21. The van der Waals surface area contributed by atoms with Gasteiger partial charge < -0.3 is 14.8 Å². The van der Waals surface area contributed by atoms with Crippen molar-refractivity contribution < 1.29 is 9.47 Å². The van der Waals surface area contributed by atoms with E-state index in [1.807, 2.05) is 19.2 Å². The zero-order valence-corrected chi connectivity index (χ0v) is 12.9. The van der Waals surface area contributed by atoms with Gasteiger partial charge in [0.2, 0.25) is 0 Å². The van der Waals surface area contributed by atoms with Crippen molar-refractivity contribution in [2.24, 2.45) is 0 Å². The average Bonchev–Trinajstić information content (AvgIpc) is 2.56. The Bertz CT molecular complexity index is 532.